The summed E-state index contributed by atoms with van der Waals surface area (Å²) in [6.07, 6.45) is 7.07. The van der Waals surface area contributed by atoms with E-state index in [0.717, 1.165) is 25.0 Å². The number of aromatic nitrogens is 2. The predicted octanol–water partition coefficient (Wildman–Crippen LogP) is 0.933. The van der Waals surface area contributed by atoms with Crippen molar-refractivity contribution in [2.75, 3.05) is 0 Å². The first kappa shape index (κ1) is 12.1. The number of nitrogens with one attached hydrogen (secondary N) is 2. The summed E-state index contributed by atoms with van der Waals surface area (Å²) in [6.45, 7) is 2.62. The molecule has 0 spiro atoms. The molecule has 1 aliphatic rings. The molecule has 0 saturated heterocycles. The zero-order chi connectivity index (χ0) is 12.3. The van der Waals surface area contributed by atoms with Crippen LogP contribution in [0.1, 0.15) is 38.3 Å². The molecule has 2 atom stereocenters. The molecule has 1 heterocycles. The number of nitrogens with zero attached hydrogens (tertiary/aromatic N) is 1. The average molecular weight is 236 g/mol. The number of aromatic amines is 1. The maximum absolute atomic E-state index is 12.1. The van der Waals surface area contributed by atoms with Crippen LogP contribution >= 0.6 is 0 Å². The van der Waals surface area contributed by atoms with Crippen LogP contribution in [0.25, 0.3) is 0 Å². The molecule has 1 aromatic rings. The molecule has 2 unspecified atom stereocenters. The Kier molecular flexibility index (Phi) is 3.47. The number of hydrogen-bond acceptors (Lipinski definition) is 3. The van der Waals surface area contributed by atoms with Gasteiger partial charge in [-0.25, -0.2) is 4.98 Å². The van der Waals surface area contributed by atoms with Gasteiger partial charge in [-0.1, -0.05) is 19.8 Å². The number of H-pyrrole nitrogens is 1. The molecule has 1 amide bonds. The van der Waals surface area contributed by atoms with E-state index in [1.165, 1.54) is 6.42 Å². The van der Waals surface area contributed by atoms with Gasteiger partial charge < -0.3 is 16.0 Å². The highest BCUT2D eigenvalue weighted by Gasteiger charge is 2.37. The van der Waals surface area contributed by atoms with Crippen LogP contribution in [0.4, 0.5) is 0 Å². The van der Waals surface area contributed by atoms with Gasteiger partial charge in [0, 0.05) is 6.20 Å². The van der Waals surface area contributed by atoms with E-state index in [1.54, 1.807) is 12.5 Å². The summed E-state index contributed by atoms with van der Waals surface area (Å²) < 4.78 is 0. The molecule has 2 rings (SSSR count). The third-order valence-electron chi connectivity index (χ3n) is 3.48. The van der Waals surface area contributed by atoms with Crippen molar-refractivity contribution in [3.05, 3.63) is 18.2 Å². The normalized spacial score (nSPS) is 28.9. The zero-order valence-electron chi connectivity index (χ0n) is 10.2. The number of nitrogens with two attached hydrogens (primary N) is 1. The molecule has 5 nitrogen and oxygen atoms in total. The number of imidazole rings is 1. The lowest BCUT2D eigenvalue weighted by molar-refractivity contribution is -0.128. The van der Waals surface area contributed by atoms with Gasteiger partial charge in [0.1, 0.15) is 0 Å². The Bertz CT molecular complexity index is 376. The number of rotatable bonds is 3. The van der Waals surface area contributed by atoms with E-state index >= 15 is 0 Å². The third kappa shape index (κ3) is 2.85. The quantitative estimate of drug-likeness (QED) is 0.730. The Hall–Kier alpha value is -1.36. The molecule has 5 heteroatoms. The minimum absolute atomic E-state index is 0.0429. The molecule has 0 aromatic carbocycles. The molecular weight excluding hydrogens is 216 g/mol. The molecule has 17 heavy (non-hydrogen) atoms. The lowest BCUT2D eigenvalue weighted by atomic mass is 9.76. The van der Waals surface area contributed by atoms with E-state index in [2.05, 4.69) is 22.2 Å². The van der Waals surface area contributed by atoms with E-state index in [-0.39, 0.29) is 5.91 Å². The lowest BCUT2D eigenvalue weighted by Gasteiger charge is -2.35. The van der Waals surface area contributed by atoms with Crippen molar-refractivity contribution in [3.63, 3.8) is 0 Å². The highest BCUT2D eigenvalue weighted by atomic mass is 16.2. The summed E-state index contributed by atoms with van der Waals surface area (Å²) in [5.41, 5.74) is 6.41. The molecule has 4 N–H and O–H groups in total. The van der Waals surface area contributed by atoms with Gasteiger partial charge in [0.25, 0.3) is 0 Å². The SMILES string of the molecule is CC1CCCC(N)(C(=O)NCc2cnc[nH]2)C1. The van der Waals surface area contributed by atoms with Gasteiger partial charge in [0.05, 0.1) is 24.1 Å². The molecule has 1 fully saturated rings. The number of carbonyl (C=O) groups is 1. The fourth-order valence-corrected chi connectivity index (χ4v) is 2.53. The number of amides is 1. The maximum atomic E-state index is 12.1. The van der Waals surface area contributed by atoms with E-state index in [1.807, 2.05) is 0 Å². The molecule has 94 valence electrons. The van der Waals surface area contributed by atoms with Crippen molar-refractivity contribution in [2.45, 2.75) is 44.7 Å². The van der Waals surface area contributed by atoms with Gasteiger partial charge in [0.15, 0.2) is 0 Å². The predicted molar refractivity (Wildman–Crippen MR) is 65.0 cm³/mol. The van der Waals surface area contributed by atoms with Gasteiger partial charge in [0.2, 0.25) is 5.91 Å². The molecular formula is C12H20N4O. The Morgan fingerprint density at radius 2 is 2.59 bits per heavy atom. The van der Waals surface area contributed by atoms with Crippen LogP contribution in [0.15, 0.2) is 12.5 Å². The maximum Gasteiger partial charge on any atom is 0.240 e. The number of hydrogen-bond donors (Lipinski definition) is 3. The van der Waals surface area contributed by atoms with E-state index < -0.39 is 5.54 Å². The first-order valence-electron chi connectivity index (χ1n) is 6.14. The second kappa shape index (κ2) is 4.87. The van der Waals surface area contributed by atoms with E-state index in [4.69, 9.17) is 5.73 Å². The highest BCUT2D eigenvalue weighted by Crippen LogP contribution is 2.30. The largest absolute Gasteiger partial charge is 0.349 e. The van der Waals surface area contributed by atoms with Crippen molar-refractivity contribution < 1.29 is 4.79 Å². The fraction of sp³-hybridized carbons (Fsp3) is 0.667. The topological polar surface area (TPSA) is 83.8 Å². The van der Waals surface area contributed by atoms with Crippen molar-refractivity contribution in [2.24, 2.45) is 11.7 Å². The first-order chi connectivity index (χ1) is 8.10. The minimum atomic E-state index is -0.683. The van der Waals surface area contributed by atoms with Crippen LogP contribution in [0.3, 0.4) is 0 Å². The monoisotopic (exact) mass is 236 g/mol. The molecule has 0 bridgehead atoms. The third-order valence-corrected chi connectivity index (χ3v) is 3.48. The molecule has 0 radical (unpaired) electrons. The Morgan fingerprint density at radius 1 is 1.76 bits per heavy atom. The van der Waals surface area contributed by atoms with Gasteiger partial charge in [-0.2, -0.15) is 0 Å². The second-order valence-corrected chi connectivity index (χ2v) is 5.12. The molecule has 1 aromatic heterocycles. The van der Waals surface area contributed by atoms with Gasteiger partial charge in [-0.15, -0.1) is 0 Å². The van der Waals surface area contributed by atoms with Crippen molar-refractivity contribution in [3.8, 4) is 0 Å². The molecule has 1 saturated carbocycles. The van der Waals surface area contributed by atoms with Crippen molar-refractivity contribution >= 4 is 5.91 Å². The lowest BCUT2D eigenvalue weighted by Crippen LogP contribution is -2.56. The van der Waals surface area contributed by atoms with Gasteiger partial charge in [-0.3, -0.25) is 4.79 Å². The summed E-state index contributed by atoms with van der Waals surface area (Å²) in [7, 11) is 0. The van der Waals surface area contributed by atoms with E-state index in [0.29, 0.717) is 12.5 Å². The van der Waals surface area contributed by atoms with Crippen LogP contribution < -0.4 is 11.1 Å². The summed E-state index contributed by atoms with van der Waals surface area (Å²) in [6, 6.07) is 0. The smallest absolute Gasteiger partial charge is 0.240 e. The Morgan fingerprint density at radius 3 is 3.24 bits per heavy atom. The zero-order valence-corrected chi connectivity index (χ0v) is 10.2. The van der Waals surface area contributed by atoms with Crippen molar-refractivity contribution in [1.29, 1.82) is 0 Å². The van der Waals surface area contributed by atoms with Gasteiger partial charge >= 0.3 is 0 Å². The minimum Gasteiger partial charge on any atom is -0.349 e. The van der Waals surface area contributed by atoms with Crippen LogP contribution in [0, 0.1) is 5.92 Å². The molecule has 0 aliphatic heterocycles. The summed E-state index contributed by atoms with van der Waals surface area (Å²) in [5.74, 6) is 0.491. The number of carbonyl (C=O) groups excluding carboxylic acids is 1. The fourth-order valence-electron chi connectivity index (χ4n) is 2.53. The standard InChI is InChI=1S/C12H20N4O/c1-9-3-2-4-12(13,5-9)11(17)15-7-10-6-14-8-16-10/h6,8-9H,2-5,7,13H2,1H3,(H,14,16)(H,15,17). The van der Waals surface area contributed by atoms with Gasteiger partial charge in [-0.05, 0) is 18.8 Å². The van der Waals surface area contributed by atoms with Crippen LogP contribution in [-0.2, 0) is 11.3 Å². The summed E-state index contributed by atoms with van der Waals surface area (Å²) in [4.78, 5) is 18.9. The Balaban J connectivity index is 1.90. The average Bonchev–Trinajstić information content (AvgIpc) is 2.78. The molecule has 1 aliphatic carbocycles. The summed E-state index contributed by atoms with van der Waals surface area (Å²) in [5, 5.41) is 2.88. The Labute approximate surface area is 101 Å². The first-order valence-corrected chi connectivity index (χ1v) is 6.14. The highest BCUT2D eigenvalue weighted by molar-refractivity contribution is 5.86. The van der Waals surface area contributed by atoms with E-state index in [9.17, 15) is 4.79 Å². The second-order valence-electron chi connectivity index (χ2n) is 5.12. The van der Waals surface area contributed by atoms with Crippen LogP contribution in [0.5, 0.6) is 0 Å². The van der Waals surface area contributed by atoms with Crippen molar-refractivity contribution in [1.82, 2.24) is 15.3 Å². The van der Waals surface area contributed by atoms with Crippen LogP contribution in [-0.4, -0.2) is 21.4 Å². The van der Waals surface area contributed by atoms with Crippen LogP contribution in [0.2, 0.25) is 0 Å². The summed E-state index contributed by atoms with van der Waals surface area (Å²) >= 11 is 0.